The molecular weight excluding hydrogens is 270 g/mol. The van der Waals surface area contributed by atoms with Crippen LogP contribution in [0.15, 0.2) is 16.6 Å². The summed E-state index contributed by atoms with van der Waals surface area (Å²) in [6.45, 7) is 0. The van der Waals surface area contributed by atoms with E-state index >= 15 is 0 Å². The van der Waals surface area contributed by atoms with Crippen LogP contribution in [0, 0.1) is 5.92 Å². The van der Waals surface area contributed by atoms with Gasteiger partial charge in [0.1, 0.15) is 0 Å². The number of phenols is 1. The lowest BCUT2D eigenvalue weighted by Gasteiger charge is -2.32. The number of nitrogens with two attached hydrogens (primary N) is 1. The fourth-order valence-electron chi connectivity index (χ4n) is 2.08. The number of hydrogen-bond acceptors (Lipinski definition) is 3. The highest BCUT2D eigenvalue weighted by atomic mass is 79.9. The van der Waals surface area contributed by atoms with Gasteiger partial charge in [-0.2, -0.15) is 0 Å². The van der Waals surface area contributed by atoms with E-state index in [9.17, 15) is 5.11 Å². The average Bonchev–Trinajstić information content (AvgIpc) is 2.15. The second-order valence-electron chi connectivity index (χ2n) is 4.23. The smallest absolute Gasteiger partial charge is 0.163 e. The Hall–Kier alpha value is -0.740. The molecule has 16 heavy (non-hydrogen) atoms. The molecule has 1 aliphatic rings. The molecule has 0 spiro atoms. The Balaban J connectivity index is 2.37. The summed E-state index contributed by atoms with van der Waals surface area (Å²) in [5.74, 6) is 1.12. The predicted molar refractivity (Wildman–Crippen MR) is 66.6 cm³/mol. The molecule has 88 valence electrons. The van der Waals surface area contributed by atoms with Crippen molar-refractivity contribution >= 4 is 15.9 Å². The van der Waals surface area contributed by atoms with E-state index in [0.717, 1.165) is 22.9 Å². The van der Waals surface area contributed by atoms with E-state index in [2.05, 4.69) is 15.9 Å². The van der Waals surface area contributed by atoms with Crippen LogP contribution < -0.4 is 10.5 Å². The first-order chi connectivity index (χ1) is 7.65. The summed E-state index contributed by atoms with van der Waals surface area (Å²) >= 11 is 3.44. The normalized spacial score (nSPS) is 17.9. The third kappa shape index (κ3) is 1.92. The lowest BCUT2D eigenvalue weighted by molar-refractivity contribution is 0.258. The molecule has 3 N–H and O–H groups in total. The van der Waals surface area contributed by atoms with Crippen LogP contribution in [0.1, 0.15) is 30.9 Å². The van der Waals surface area contributed by atoms with Crippen molar-refractivity contribution in [2.75, 3.05) is 7.11 Å². The van der Waals surface area contributed by atoms with Crippen LogP contribution in [-0.2, 0) is 0 Å². The maximum absolute atomic E-state index is 10.1. The zero-order valence-corrected chi connectivity index (χ0v) is 10.8. The largest absolute Gasteiger partial charge is 0.504 e. The molecule has 0 unspecified atom stereocenters. The van der Waals surface area contributed by atoms with Gasteiger partial charge < -0.3 is 15.6 Å². The van der Waals surface area contributed by atoms with Crippen LogP contribution >= 0.6 is 15.9 Å². The Labute approximate surface area is 104 Å². The molecule has 2 rings (SSSR count). The number of phenolic OH excluding ortho intramolecular Hbond substituents is 1. The number of aromatic hydroxyl groups is 1. The molecule has 1 aliphatic carbocycles. The summed E-state index contributed by atoms with van der Waals surface area (Å²) in [7, 11) is 1.54. The SMILES string of the molecule is COc1ccc(Br)c([C@@H](N)C2CCC2)c1O. The maximum atomic E-state index is 10.1. The van der Waals surface area contributed by atoms with Crippen LogP contribution in [0.25, 0.3) is 0 Å². The molecule has 3 nitrogen and oxygen atoms in total. The summed E-state index contributed by atoms with van der Waals surface area (Å²) in [5, 5.41) is 10.1. The number of benzene rings is 1. The zero-order chi connectivity index (χ0) is 11.7. The fraction of sp³-hybridized carbons (Fsp3) is 0.500. The van der Waals surface area contributed by atoms with Crippen molar-refractivity contribution < 1.29 is 9.84 Å². The van der Waals surface area contributed by atoms with Crippen molar-refractivity contribution in [3.8, 4) is 11.5 Å². The average molecular weight is 286 g/mol. The molecule has 0 bridgehead atoms. The monoisotopic (exact) mass is 285 g/mol. The second kappa shape index (κ2) is 4.63. The molecular formula is C12H16BrNO2. The van der Waals surface area contributed by atoms with Gasteiger partial charge in [-0.3, -0.25) is 0 Å². The number of ether oxygens (including phenoxy) is 1. The Bertz CT molecular complexity index is 391. The molecule has 1 fully saturated rings. The van der Waals surface area contributed by atoms with Gasteiger partial charge in [0.25, 0.3) is 0 Å². The topological polar surface area (TPSA) is 55.5 Å². The van der Waals surface area contributed by atoms with Crippen molar-refractivity contribution in [3.63, 3.8) is 0 Å². The van der Waals surface area contributed by atoms with Gasteiger partial charge in [-0.25, -0.2) is 0 Å². The van der Waals surface area contributed by atoms with Gasteiger partial charge in [-0.05, 0) is 30.9 Å². The van der Waals surface area contributed by atoms with Crippen LogP contribution in [0.2, 0.25) is 0 Å². The maximum Gasteiger partial charge on any atom is 0.163 e. The van der Waals surface area contributed by atoms with Gasteiger partial charge in [0, 0.05) is 16.1 Å². The number of rotatable bonds is 3. The Kier molecular flexibility index (Phi) is 3.40. The molecule has 0 aromatic heterocycles. The molecule has 1 atom stereocenters. The third-order valence-electron chi connectivity index (χ3n) is 3.34. The molecule has 0 amide bonds. The first-order valence-electron chi connectivity index (χ1n) is 5.46. The molecule has 1 aromatic rings. The Morgan fingerprint density at radius 2 is 2.19 bits per heavy atom. The number of halogens is 1. The fourth-order valence-corrected chi connectivity index (χ4v) is 2.66. The highest BCUT2D eigenvalue weighted by Crippen LogP contribution is 2.44. The molecule has 1 saturated carbocycles. The molecule has 1 aromatic carbocycles. The minimum Gasteiger partial charge on any atom is -0.504 e. The Morgan fingerprint density at radius 1 is 1.50 bits per heavy atom. The van der Waals surface area contributed by atoms with Gasteiger partial charge in [0.15, 0.2) is 11.5 Å². The lowest BCUT2D eigenvalue weighted by atomic mass is 9.77. The first-order valence-corrected chi connectivity index (χ1v) is 6.25. The predicted octanol–water partition coefficient (Wildman–Crippen LogP) is 2.96. The zero-order valence-electron chi connectivity index (χ0n) is 9.24. The summed E-state index contributed by atoms with van der Waals surface area (Å²) < 4.78 is 5.95. The van der Waals surface area contributed by atoms with E-state index in [1.807, 2.05) is 6.07 Å². The molecule has 0 radical (unpaired) electrons. The molecule has 0 aliphatic heterocycles. The molecule has 0 heterocycles. The van der Waals surface area contributed by atoms with Gasteiger partial charge >= 0.3 is 0 Å². The standard InChI is InChI=1S/C12H16BrNO2/c1-16-9-6-5-8(13)10(12(9)15)11(14)7-3-2-4-7/h5-7,11,15H,2-4,14H2,1H3/t11-/m0/s1. The van der Waals surface area contributed by atoms with Crippen molar-refractivity contribution in [3.05, 3.63) is 22.2 Å². The quantitative estimate of drug-likeness (QED) is 0.898. The van der Waals surface area contributed by atoms with Crippen LogP contribution in [0.3, 0.4) is 0 Å². The van der Waals surface area contributed by atoms with Gasteiger partial charge in [-0.1, -0.05) is 22.4 Å². The van der Waals surface area contributed by atoms with Crippen molar-refractivity contribution in [2.24, 2.45) is 11.7 Å². The van der Waals surface area contributed by atoms with Crippen LogP contribution in [-0.4, -0.2) is 12.2 Å². The van der Waals surface area contributed by atoms with Gasteiger partial charge in [0.05, 0.1) is 7.11 Å². The van der Waals surface area contributed by atoms with E-state index in [1.54, 1.807) is 13.2 Å². The summed E-state index contributed by atoms with van der Waals surface area (Å²) in [6, 6.07) is 3.49. The number of methoxy groups -OCH3 is 1. The summed E-state index contributed by atoms with van der Waals surface area (Å²) in [4.78, 5) is 0. The summed E-state index contributed by atoms with van der Waals surface area (Å²) in [5.41, 5.74) is 6.95. The van der Waals surface area contributed by atoms with E-state index in [-0.39, 0.29) is 11.8 Å². The van der Waals surface area contributed by atoms with Crippen molar-refractivity contribution in [2.45, 2.75) is 25.3 Å². The van der Waals surface area contributed by atoms with E-state index in [1.165, 1.54) is 6.42 Å². The van der Waals surface area contributed by atoms with E-state index < -0.39 is 0 Å². The minimum absolute atomic E-state index is 0.113. The molecule has 4 heteroatoms. The van der Waals surface area contributed by atoms with E-state index in [4.69, 9.17) is 10.5 Å². The molecule has 0 saturated heterocycles. The summed E-state index contributed by atoms with van der Waals surface area (Å²) in [6.07, 6.45) is 3.52. The van der Waals surface area contributed by atoms with Crippen LogP contribution in [0.5, 0.6) is 11.5 Å². The second-order valence-corrected chi connectivity index (χ2v) is 5.08. The lowest BCUT2D eigenvalue weighted by Crippen LogP contribution is -2.27. The third-order valence-corrected chi connectivity index (χ3v) is 4.03. The number of hydrogen-bond donors (Lipinski definition) is 2. The minimum atomic E-state index is -0.113. The van der Waals surface area contributed by atoms with Gasteiger partial charge in [0.2, 0.25) is 0 Å². The van der Waals surface area contributed by atoms with Crippen LogP contribution in [0.4, 0.5) is 0 Å². The highest BCUT2D eigenvalue weighted by molar-refractivity contribution is 9.10. The van der Waals surface area contributed by atoms with E-state index in [0.29, 0.717) is 11.7 Å². The van der Waals surface area contributed by atoms with Crippen molar-refractivity contribution in [1.82, 2.24) is 0 Å². The van der Waals surface area contributed by atoms with Gasteiger partial charge in [-0.15, -0.1) is 0 Å². The Morgan fingerprint density at radius 3 is 2.69 bits per heavy atom. The highest BCUT2D eigenvalue weighted by Gasteiger charge is 2.29. The van der Waals surface area contributed by atoms with Crippen molar-refractivity contribution in [1.29, 1.82) is 0 Å². The first kappa shape index (κ1) is 11.7.